The Hall–Kier alpha value is -1.46. The molecule has 0 rings (SSSR count). The topological polar surface area (TPSA) is 71.1 Å². The van der Waals surface area contributed by atoms with Crippen molar-refractivity contribution in [3.8, 4) is 0 Å². The summed E-state index contributed by atoms with van der Waals surface area (Å²) in [6.07, 6.45) is -1.18. The standard InChI is InChI=1S/C7H14O3.C6H12O3/c1-4-9-7(8)10-5-6(2)3;1-5(2)4-9-6(7)8-3/h6H,4-5H2,1-3H3;5H,4H2,1-3H3. The minimum Gasteiger partial charge on any atom is -0.438 e. The normalized spacial score (nSPS) is 9.47. The maximum atomic E-state index is 10.5. The van der Waals surface area contributed by atoms with Crippen LogP contribution in [0.3, 0.4) is 0 Å². The van der Waals surface area contributed by atoms with Crippen LogP contribution in [-0.2, 0) is 18.9 Å². The molecule has 0 heterocycles. The Morgan fingerprint density at radius 3 is 1.58 bits per heavy atom. The van der Waals surface area contributed by atoms with Gasteiger partial charge in [-0.1, -0.05) is 27.7 Å². The number of hydrogen-bond acceptors (Lipinski definition) is 6. The molecule has 0 fully saturated rings. The second kappa shape index (κ2) is 13.0. The van der Waals surface area contributed by atoms with Crippen LogP contribution in [0.4, 0.5) is 9.59 Å². The van der Waals surface area contributed by atoms with Crippen molar-refractivity contribution in [2.45, 2.75) is 34.6 Å². The van der Waals surface area contributed by atoms with Crippen molar-refractivity contribution < 1.29 is 28.5 Å². The molecule has 0 aromatic heterocycles. The van der Waals surface area contributed by atoms with Gasteiger partial charge in [0.1, 0.15) is 0 Å². The fourth-order valence-corrected chi connectivity index (χ4v) is 0.688. The molecule has 0 aliphatic heterocycles. The van der Waals surface area contributed by atoms with Gasteiger partial charge in [0.25, 0.3) is 0 Å². The van der Waals surface area contributed by atoms with Crippen molar-refractivity contribution in [1.29, 1.82) is 0 Å². The van der Waals surface area contributed by atoms with E-state index < -0.39 is 12.3 Å². The van der Waals surface area contributed by atoms with Gasteiger partial charge in [-0.15, -0.1) is 0 Å². The summed E-state index contributed by atoms with van der Waals surface area (Å²) >= 11 is 0. The van der Waals surface area contributed by atoms with Crippen LogP contribution in [0.25, 0.3) is 0 Å². The minimum atomic E-state index is -0.608. The highest BCUT2D eigenvalue weighted by molar-refractivity contribution is 5.59. The number of rotatable bonds is 5. The van der Waals surface area contributed by atoms with E-state index in [0.29, 0.717) is 31.7 Å². The zero-order chi connectivity index (χ0) is 15.3. The van der Waals surface area contributed by atoms with Gasteiger partial charge in [-0.25, -0.2) is 9.59 Å². The molecule has 0 saturated heterocycles. The van der Waals surface area contributed by atoms with Crippen LogP contribution in [-0.4, -0.2) is 39.2 Å². The second-order valence-electron chi connectivity index (χ2n) is 4.55. The average Bonchev–Trinajstić information content (AvgIpc) is 2.34. The Labute approximate surface area is 115 Å². The Morgan fingerprint density at radius 2 is 1.26 bits per heavy atom. The molecule has 0 saturated carbocycles. The number of carbonyl (C=O) groups excluding carboxylic acids is 2. The summed E-state index contributed by atoms with van der Waals surface area (Å²) < 4.78 is 18.0. The summed E-state index contributed by atoms with van der Waals surface area (Å²) in [4.78, 5) is 20.8. The first kappa shape index (κ1) is 19.9. The molecule has 0 aliphatic carbocycles. The number of methoxy groups -OCH3 is 1. The van der Waals surface area contributed by atoms with E-state index >= 15 is 0 Å². The summed E-state index contributed by atoms with van der Waals surface area (Å²) in [5.41, 5.74) is 0. The average molecular weight is 278 g/mol. The molecule has 6 heteroatoms. The fraction of sp³-hybridized carbons (Fsp3) is 0.846. The van der Waals surface area contributed by atoms with E-state index in [1.807, 2.05) is 27.7 Å². The first-order valence-electron chi connectivity index (χ1n) is 6.33. The molecule has 0 unspecified atom stereocenters. The number of hydrogen-bond donors (Lipinski definition) is 0. The van der Waals surface area contributed by atoms with Gasteiger partial charge in [0, 0.05) is 0 Å². The Morgan fingerprint density at radius 1 is 0.842 bits per heavy atom. The lowest BCUT2D eigenvalue weighted by Gasteiger charge is -2.05. The van der Waals surface area contributed by atoms with Crippen LogP contribution < -0.4 is 0 Å². The van der Waals surface area contributed by atoms with E-state index in [2.05, 4.69) is 18.9 Å². The summed E-state index contributed by atoms with van der Waals surface area (Å²) in [7, 11) is 1.29. The van der Waals surface area contributed by atoms with E-state index in [1.165, 1.54) is 7.11 Å². The minimum absolute atomic E-state index is 0.365. The van der Waals surface area contributed by atoms with Crippen LogP contribution in [0.15, 0.2) is 0 Å². The van der Waals surface area contributed by atoms with Crippen LogP contribution >= 0.6 is 0 Å². The molecule has 0 spiro atoms. The lowest BCUT2D eigenvalue weighted by molar-refractivity contribution is 0.0511. The lowest BCUT2D eigenvalue weighted by Crippen LogP contribution is -2.11. The van der Waals surface area contributed by atoms with Crippen LogP contribution in [0.1, 0.15) is 34.6 Å². The van der Waals surface area contributed by atoms with Crippen molar-refractivity contribution in [3.63, 3.8) is 0 Å². The third-order valence-electron chi connectivity index (χ3n) is 1.50. The predicted molar refractivity (Wildman–Crippen MR) is 71.0 cm³/mol. The fourth-order valence-electron chi connectivity index (χ4n) is 0.688. The van der Waals surface area contributed by atoms with Crippen LogP contribution in [0, 0.1) is 11.8 Å². The summed E-state index contributed by atoms with van der Waals surface area (Å²) in [5, 5.41) is 0. The van der Waals surface area contributed by atoms with Gasteiger partial charge < -0.3 is 18.9 Å². The van der Waals surface area contributed by atoms with Gasteiger partial charge >= 0.3 is 12.3 Å². The smallest absolute Gasteiger partial charge is 0.438 e. The van der Waals surface area contributed by atoms with Gasteiger partial charge in [-0.3, -0.25) is 0 Å². The molecule has 0 radical (unpaired) electrons. The predicted octanol–water partition coefficient (Wildman–Crippen LogP) is 3.24. The molecular formula is C13H26O6. The largest absolute Gasteiger partial charge is 0.508 e. The van der Waals surface area contributed by atoms with Gasteiger partial charge in [0.05, 0.1) is 26.9 Å². The highest BCUT2D eigenvalue weighted by atomic mass is 16.7. The van der Waals surface area contributed by atoms with E-state index in [1.54, 1.807) is 6.92 Å². The SMILES string of the molecule is CCOC(=O)OCC(C)C.COC(=O)OCC(C)C. The van der Waals surface area contributed by atoms with E-state index in [0.717, 1.165) is 0 Å². The Balaban J connectivity index is 0. The second-order valence-corrected chi connectivity index (χ2v) is 4.55. The molecule has 0 aromatic rings. The van der Waals surface area contributed by atoms with Crippen molar-refractivity contribution in [2.24, 2.45) is 11.8 Å². The van der Waals surface area contributed by atoms with E-state index in [9.17, 15) is 9.59 Å². The Kier molecular flexibility index (Phi) is 13.6. The molecule has 0 bridgehead atoms. The van der Waals surface area contributed by atoms with Crippen molar-refractivity contribution in [2.75, 3.05) is 26.9 Å². The summed E-state index contributed by atoms with van der Waals surface area (Å²) in [5.74, 6) is 0.730. The maximum Gasteiger partial charge on any atom is 0.508 e. The zero-order valence-electron chi connectivity index (χ0n) is 12.7. The summed E-state index contributed by atoms with van der Waals surface area (Å²) in [6, 6.07) is 0. The summed E-state index contributed by atoms with van der Waals surface area (Å²) in [6.45, 7) is 10.8. The van der Waals surface area contributed by atoms with Crippen molar-refractivity contribution in [1.82, 2.24) is 0 Å². The maximum absolute atomic E-state index is 10.5. The van der Waals surface area contributed by atoms with Crippen molar-refractivity contribution in [3.05, 3.63) is 0 Å². The van der Waals surface area contributed by atoms with Gasteiger partial charge in [0.2, 0.25) is 0 Å². The van der Waals surface area contributed by atoms with Crippen molar-refractivity contribution >= 4 is 12.3 Å². The molecule has 0 aromatic carbocycles. The number of carbonyl (C=O) groups is 2. The lowest BCUT2D eigenvalue weighted by atomic mass is 10.2. The molecule has 6 nitrogen and oxygen atoms in total. The molecule has 0 amide bonds. The highest BCUT2D eigenvalue weighted by Crippen LogP contribution is 1.94. The quantitative estimate of drug-likeness (QED) is 0.719. The van der Waals surface area contributed by atoms with Gasteiger partial charge in [-0.05, 0) is 18.8 Å². The molecule has 114 valence electrons. The molecule has 0 atom stereocenters. The van der Waals surface area contributed by atoms with Gasteiger partial charge in [0.15, 0.2) is 0 Å². The Bertz CT molecular complexity index is 237. The first-order chi connectivity index (χ1) is 8.83. The highest BCUT2D eigenvalue weighted by Gasteiger charge is 2.02. The molecule has 19 heavy (non-hydrogen) atoms. The van der Waals surface area contributed by atoms with E-state index in [-0.39, 0.29) is 0 Å². The van der Waals surface area contributed by atoms with Crippen LogP contribution in [0.5, 0.6) is 0 Å². The third-order valence-corrected chi connectivity index (χ3v) is 1.50. The number of ether oxygens (including phenoxy) is 4. The van der Waals surface area contributed by atoms with Gasteiger partial charge in [-0.2, -0.15) is 0 Å². The molecular weight excluding hydrogens is 252 g/mol. The zero-order valence-corrected chi connectivity index (χ0v) is 12.7. The first-order valence-corrected chi connectivity index (χ1v) is 6.33. The molecule has 0 N–H and O–H groups in total. The van der Waals surface area contributed by atoms with E-state index in [4.69, 9.17) is 0 Å². The monoisotopic (exact) mass is 278 g/mol. The van der Waals surface area contributed by atoms with Crippen LogP contribution in [0.2, 0.25) is 0 Å². The molecule has 0 aliphatic rings. The third kappa shape index (κ3) is 19.1.